The molecule has 1 saturated heterocycles. The Morgan fingerprint density at radius 1 is 1.22 bits per heavy atom. The molecule has 2 aliphatic carbocycles. The smallest absolute Gasteiger partial charge is 0.137 e. The first-order valence-electron chi connectivity index (χ1n) is 7.55. The van der Waals surface area contributed by atoms with Crippen LogP contribution in [0.15, 0.2) is 0 Å². The molecule has 3 unspecified atom stereocenters. The Morgan fingerprint density at radius 2 is 2.00 bits per heavy atom. The van der Waals surface area contributed by atoms with Crippen molar-refractivity contribution < 1.29 is 9.53 Å². The second-order valence-electron chi connectivity index (χ2n) is 6.70. The molecule has 0 bridgehead atoms. The fourth-order valence-corrected chi connectivity index (χ4v) is 4.27. The van der Waals surface area contributed by atoms with Gasteiger partial charge in [0.2, 0.25) is 0 Å². The molecule has 1 aliphatic heterocycles. The van der Waals surface area contributed by atoms with E-state index >= 15 is 0 Å². The predicted octanol–water partition coefficient (Wildman–Crippen LogP) is 2.29. The third-order valence-electron chi connectivity index (χ3n) is 5.28. The number of morpholine rings is 1. The molecule has 0 aromatic heterocycles. The van der Waals surface area contributed by atoms with Crippen LogP contribution in [0, 0.1) is 11.3 Å². The highest BCUT2D eigenvalue weighted by Gasteiger charge is 2.45. The van der Waals surface area contributed by atoms with Crippen molar-refractivity contribution >= 4 is 5.78 Å². The van der Waals surface area contributed by atoms with Crippen LogP contribution in [0.3, 0.4) is 0 Å². The highest BCUT2D eigenvalue weighted by molar-refractivity contribution is 5.82. The molecule has 2 saturated carbocycles. The minimum absolute atomic E-state index is 0.208. The van der Waals surface area contributed by atoms with E-state index in [1.807, 2.05) is 0 Å². The van der Waals surface area contributed by atoms with Crippen molar-refractivity contribution in [3.63, 3.8) is 0 Å². The molecule has 1 N–H and O–H groups in total. The van der Waals surface area contributed by atoms with Crippen LogP contribution >= 0.6 is 0 Å². The van der Waals surface area contributed by atoms with Crippen molar-refractivity contribution in [2.45, 2.75) is 64.0 Å². The fourth-order valence-electron chi connectivity index (χ4n) is 4.27. The van der Waals surface area contributed by atoms with Gasteiger partial charge >= 0.3 is 0 Å². The summed E-state index contributed by atoms with van der Waals surface area (Å²) in [6.07, 6.45) is 8.49. The normalized spacial score (nSPS) is 40.3. The van der Waals surface area contributed by atoms with E-state index in [9.17, 15) is 4.79 Å². The highest BCUT2D eigenvalue weighted by atomic mass is 16.5. The first-order valence-corrected chi connectivity index (χ1v) is 7.55. The maximum Gasteiger partial charge on any atom is 0.137 e. The molecule has 3 nitrogen and oxygen atoms in total. The fraction of sp³-hybridized carbons (Fsp3) is 0.933. The number of hydrogen-bond donors (Lipinski definition) is 1. The van der Waals surface area contributed by atoms with Crippen molar-refractivity contribution in [1.29, 1.82) is 0 Å². The summed E-state index contributed by atoms with van der Waals surface area (Å²) in [5.74, 6) is 0.683. The molecule has 3 heteroatoms. The Morgan fingerprint density at radius 3 is 2.72 bits per heavy atom. The second-order valence-corrected chi connectivity index (χ2v) is 6.70. The van der Waals surface area contributed by atoms with Crippen molar-refractivity contribution in [1.82, 2.24) is 5.32 Å². The maximum absolute atomic E-state index is 12.2. The van der Waals surface area contributed by atoms with E-state index in [2.05, 4.69) is 12.2 Å². The van der Waals surface area contributed by atoms with Gasteiger partial charge in [0, 0.05) is 24.4 Å². The predicted molar refractivity (Wildman–Crippen MR) is 70.5 cm³/mol. The Balaban J connectivity index is 1.70. The summed E-state index contributed by atoms with van der Waals surface area (Å²) < 4.78 is 5.63. The maximum atomic E-state index is 12.2. The number of hydrogen-bond acceptors (Lipinski definition) is 3. The summed E-state index contributed by atoms with van der Waals surface area (Å²) >= 11 is 0. The standard InChI is InChI=1S/C15H25NO2/c1-11-9-18-10-13(16-11)12-8-15(5-2-3-6-15)7-4-14(12)17/h11-13,16H,2-10H2,1H3. The van der Waals surface area contributed by atoms with Gasteiger partial charge < -0.3 is 10.1 Å². The van der Waals surface area contributed by atoms with Gasteiger partial charge in [-0.2, -0.15) is 0 Å². The lowest BCUT2D eigenvalue weighted by Crippen LogP contribution is -2.54. The molecule has 1 heterocycles. The zero-order valence-corrected chi connectivity index (χ0v) is 11.4. The molecular formula is C15H25NO2. The van der Waals surface area contributed by atoms with Crippen LogP contribution in [0.1, 0.15) is 51.9 Å². The van der Waals surface area contributed by atoms with Crippen molar-refractivity contribution in [2.24, 2.45) is 11.3 Å². The number of rotatable bonds is 1. The number of carbonyl (C=O) groups excluding carboxylic acids is 1. The molecule has 3 aliphatic rings. The largest absolute Gasteiger partial charge is 0.378 e. The molecule has 1 spiro atoms. The van der Waals surface area contributed by atoms with E-state index in [1.165, 1.54) is 25.7 Å². The quantitative estimate of drug-likeness (QED) is 0.777. The van der Waals surface area contributed by atoms with Gasteiger partial charge in [0.25, 0.3) is 0 Å². The molecule has 3 rings (SSSR count). The zero-order valence-electron chi connectivity index (χ0n) is 11.4. The van der Waals surface area contributed by atoms with E-state index in [-0.39, 0.29) is 12.0 Å². The van der Waals surface area contributed by atoms with Crippen LogP contribution in [0.2, 0.25) is 0 Å². The van der Waals surface area contributed by atoms with Gasteiger partial charge in [-0.05, 0) is 38.0 Å². The van der Waals surface area contributed by atoms with E-state index in [0.29, 0.717) is 17.2 Å². The third kappa shape index (κ3) is 2.35. The van der Waals surface area contributed by atoms with E-state index in [4.69, 9.17) is 4.74 Å². The molecule has 102 valence electrons. The second kappa shape index (κ2) is 4.93. The Hall–Kier alpha value is -0.410. The first kappa shape index (κ1) is 12.6. The molecule has 0 radical (unpaired) electrons. The summed E-state index contributed by atoms with van der Waals surface area (Å²) in [6.45, 7) is 3.64. The Kier molecular flexibility index (Phi) is 3.46. The summed E-state index contributed by atoms with van der Waals surface area (Å²) in [4.78, 5) is 12.2. The van der Waals surface area contributed by atoms with Crippen molar-refractivity contribution in [3.05, 3.63) is 0 Å². The molecule has 18 heavy (non-hydrogen) atoms. The van der Waals surface area contributed by atoms with Gasteiger partial charge in [-0.15, -0.1) is 0 Å². The number of Topliss-reactive ketones (excluding diaryl/α,β-unsaturated/α-hetero) is 1. The highest BCUT2D eigenvalue weighted by Crippen LogP contribution is 2.50. The van der Waals surface area contributed by atoms with Gasteiger partial charge in [-0.25, -0.2) is 0 Å². The lowest BCUT2D eigenvalue weighted by Gasteiger charge is -2.42. The minimum Gasteiger partial charge on any atom is -0.378 e. The van der Waals surface area contributed by atoms with Crippen LogP contribution in [0.5, 0.6) is 0 Å². The van der Waals surface area contributed by atoms with Crippen LogP contribution in [0.25, 0.3) is 0 Å². The molecule has 0 amide bonds. The summed E-state index contributed by atoms with van der Waals surface area (Å²) in [7, 11) is 0. The molecule has 3 fully saturated rings. The van der Waals surface area contributed by atoms with Gasteiger partial charge in [-0.3, -0.25) is 4.79 Å². The van der Waals surface area contributed by atoms with Gasteiger partial charge in [-0.1, -0.05) is 12.8 Å². The minimum atomic E-state index is 0.208. The molecule has 0 aromatic carbocycles. The van der Waals surface area contributed by atoms with E-state index < -0.39 is 0 Å². The molecule has 0 aromatic rings. The SMILES string of the molecule is CC1COCC(C2CC3(CCCC3)CCC2=O)N1. The molecular weight excluding hydrogens is 226 g/mol. The Bertz CT molecular complexity index is 322. The van der Waals surface area contributed by atoms with E-state index in [1.54, 1.807) is 0 Å². The van der Waals surface area contributed by atoms with Crippen molar-refractivity contribution in [2.75, 3.05) is 13.2 Å². The van der Waals surface area contributed by atoms with Crippen LogP contribution in [-0.2, 0) is 9.53 Å². The van der Waals surface area contributed by atoms with Crippen LogP contribution in [-0.4, -0.2) is 31.1 Å². The summed E-state index contributed by atoms with van der Waals surface area (Å²) in [5, 5.41) is 3.58. The van der Waals surface area contributed by atoms with Crippen LogP contribution < -0.4 is 5.32 Å². The number of ketones is 1. The van der Waals surface area contributed by atoms with E-state index in [0.717, 1.165) is 32.5 Å². The van der Waals surface area contributed by atoms with Crippen LogP contribution in [0.4, 0.5) is 0 Å². The lowest BCUT2D eigenvalue weighted by atomic mass is 9.66. The third-order valence-corrected chi connectivity index (χ3v) is 5.28. The number of carbonyl (C=O) groups is 1. The summed E-state index contributed by atoms with van der Waals surface area (Å²) in [6, 6.07) is 0.650. The van der Waals surface area contributed by atoms with Gasteiger partial charge in [0.15, 0.2) is 0 Å². The monoisotopic (exact) mass is 251 g/mol. The van der Waals surface area contributed by atoms with Gasteiger partial charge in [0.05, 0.1) is 13.2 Å². The number of ether oxygens (including phenoxy) is 1. The van der Waals surface area contributed by atoms with Crippen molar-refractivity contribution in [3.8, 4) is 0 Å². The summed E-state index contributed by atoms with van der Waals surface area (Å²) in [5.41, 5.74) is 0.501. The average Bonchev–Trinajstić information content (AvgIpc) is 2.81. The average molecular weight is 251 g/mol. The molecule has 3 atom stereocenters. The topological polar surface area (TPSA) is 38.3 Å². The van der Waals surface area contributed by atoms with Gasteiger partial charge in [0.1, 0.15) is 5.78 Å². The first-order chi connectivity index (χ1) is 8.69. The lowest BCUT2D eigenvalue weighted by molar-refractivity contribution is -0.130. The zero-order chi connectivity index (χ0) is 12.6. The number of nitrogens with one attached hydrogen (secondary N) is 1. The Labute approximate surface area is 110 Å².